The van der Waals surface area contributed by atoms with Crippen molar-refractivity contribution in [3.8, 4) is 0 Å². The van der Waals surface area contributed by atoms with Gasteiger partial charge in [-0.2, -0.15) is 0 Å². The SMILES string of the molecule is CC(C)C(=O)N(C)[C@H]1CC[C@H](C)CC1. The predicted molar refractivity (Wildman–Crippen MR) is 59.0 cm³/mol. The van der Waals surface area contributed by atoms with Crippen LogP contribution in [0.1, 0.15) is 46.5 Å². The molecule has 14 heavy (non-hydrogen) atoms. The van der Waals surface area contributed by atoms with E-state index >= 15 is 0 Å². The zero-order valence-corrected chi connectivity index (χ0v) is 9.92. The van der Waals surface area contributed by atoms with Gasteiger partial charge in [-0.25, -0.2) is 0 Å². The molecule has 82 valence electrons. The lowest BCUT2D eigenvalue weighted by atomic mass is 9.86. The molecule has 0 N–H and O–H groups in total. The summed E-state index contributed by atoms with van der Waals surface area (Å²) in [4.78, 5) is 13.7. The van der Waals surface area contributed by atoms with Crippen LogP contribution in [0.2, 0.25) is 0 Å². The Labute approximate surface area is 87.7 Å². The summed E-state index contributed by atoms with van der Waals surface area (Å²) in [7, 11) is 1.96. The Morgan fingerprint density at radius 2 is 1.71 bits per heavy atom. The predicted octanol–water partition coefficient (Wildman–Crippen LogP) is 2.68. The Balaban J connectivity index is 2.45. The fourth-order valence-electron chi connectivity index (χ4n) is 2.22. The highest BCUT2D eigenvalue weighted by Crippen LogP contribution is 2.26. The Morgan fingerprint density at radius 3 is 2.14 bits per heavy atom. The summed E-state index contributed by atoms with van der Waals surface area (Å²) in [6, 6.07) is 0.501. The fraction of sp³-hybridized carbons (Fsp3) is 0.917. The topological polar surface area (TPSA) is 20.3 Å². The molecule has 0 saturated heterocycles. The van der Waals surface area contributed by atoms with E-state index in [1.807, 2.05) is 25.8 Å². The van der Waals surface area contributed by atoms with Gasteiger partial charge >= 0.3 is 0 Å². The van der Waals surface area contributed by atoms with Crippen LogP contribution in [-0.2, 0) is 4.79 Å². The molecule has 0 aromatic rings. The van der Waals surface area contributed by atoms with Crippen molar-refractivity contribution >= 4 is 5.91 Å². The van der Waals surface area contributed by atoms with Crippen LogP contribution >= 0.6 is 0 Å². The lowest BCUT2D eigenvalue weighted by Crippen LogP contribution is -2.41. The maximum atomic E-state index is 11.7. The molecule has 1 fully saturated rings. The number of hydrogen-bond donors (Lipinski definition) is 0. The quantitative estimate of drug-likeness (QED) is 0.666. The van der Waals surface area contributed by atoms with Crippen molar-refractivity contribution in [3.05, 3.63) is 0 Å². The van der Waals surface area contributed by atoms with Crippen LogP contribution < -0.4 is 0 Å². The van der Waals surface area contributed by atoms with Crippen molar-refractivity contribution in [2.24, 2.45) is 11.8 Å². The summed E-state index contributed by atoms with van der Waals surface area (Å²) >= 11 is 0. The molecular weight excluding hydrogens is 174 g/mol. The molecule has 0 atom stereocenters. The lowest BCUT2D eigenvalue weighted by Gasteiger charge is -2.34. The molecule has 1 aliphatic rings. The van der Waals surface area contributed by atoms with E-state index in [1.54, 1.807) is 0 Å². The molecule has 0 radical (unpaired) electrons. The van der Waals surface area contributed by atoms with Crippen LogP contribution in [0.15, 0.2) is 0 Å². The maximum Gasteiger partial charge on any atom is 0.225 e. The molecule has 1 rings (SSSR count). The van der Waals surface area contributed by atoms with Gasteiger partial charge in [-0.05, 0) is 31.6 Å². The van der Waals surface area contributed by atoms with Gasteiger partial charge in [0.15, 0.2) is 0 Å². The number of rotatable bonds is 2. The van der Waals surface area contributed by atoms with E-state index in [2.05, 4.69) is 6.92 Å². The summed E-state index contributed by atoms with van der Waals surface area (Å²) < 4.78 is 0. The van der Waals surface area contributed by atoms with Gasteiger partial charge in [0.05, 0.1) is 0 Å². The second-order valence-electron chi connectivity index (χ2n) is 5.02. The van der Waals surface area contributed by atoms with Gasteiger partial charge in [-0.15, -0.1) is 0 Å². The monoisotopic (exact) mass is 197 g/mol. The van der Waals surface area contributed by atoms with Crippen molar-refractivity contribution in [1.82, 2.24) is 4.90 Å². The molecular formula is C12H23NO. The zero-order valence-electron chi connectivity index (χ0n) is 9.92. The highest BCUT2D eigenvalue weighted by Gasteiger charge is 2.25. The van der Waals surface area contributed by atoms with E-state index in [9.17, 15) is 4.79 Å². The van der Waals surface area contributed by atoms with E-state index in [0.29, 0.717) is 11.9 Å². The second-order valence-corrected chi connectivity index (χ2v) is 5.02. The minimum Gasteiger partial charge on any atom is -0.343 e. The van der Waals surface area contributed by atoms with Gasteiger partial charge in [-0.1, -0.05) is 20.8 Å². The summed E-state index contributed by atoms with van der Waals surface area (Å²) in [5.74, 6) is 1.29. The molecule has 0 aliphatic heterocycles. The van der Waals surface area contributed by atoms with Crippen LogP contribution in [-0.4, -0.2) is 23.9 Å². The first-order valence-electron chi connectivity index (χ1n) is 5.79. The number of amides is 1. The Hall–Kier alpha value is -0.530. The van der Waals surface area contributed by atoms with Crippen LogP contribution in [0, 0.1) is 11.8 Å². The Morgan fingerprint density at radius 1 is 1.21 bits per heavy atom. The molecule has 0 spiro atoms. The molecule has 0 aromatic heterocycles. The van der Waals surface area contributed by atoms with Crippen LogP contribution in [0.5, 0.6) is 0 Å². The van der Waals surface area contributed by atoms with Crippen molar-refractivity contribution in [2.45, 2.75) is 52.5 Å². The average molecular weight is 197 g/mol. The van der Waals surface area contributed by atoms with Crippen molar-refractivity contribution in [3.63, 3.8) is 0 Å². The highest BCUT2D eigenvalue weighted by molar-refractivity contribution is 5.78. The van der Waals surface area contributed by atoms with Crippen LogP contribution in [0.3, 0.4) is 0 Å². The molecule has 1 amide bonds. The minimum absolute atomic E-state index is 0.138. The zero-order chi connectivity index (χ0) is 10.7. The Bertz CT molecular complexity index is 192. The molecule has 0 bridgehead atoms. The lowest BCUT2D eigenvalue weighted by molar-refractivity contribution is -0.136. The van der Waals surface area contributed by atoms with Gasteiger partial charge < -0.3 is 4.90 Å². The first kappa shape index (κ1) is 11.5. The summed E-state index contributed by atoms with van der Waals surface area (Å²) in [6.07, 6.45) is 4.94. The van der Waals surface area contributed by atoms with Crippen molar-refractivity contribution in [1.29, 1.82) is 0 Å². The normalized spacial score (nSPS) is 27.8. The second kappa shape index (κ2) is 4.81. The van der Waals surface area contributed by atoms with Gasteiger partial charge in [0, 0.05) is 19.0 Å². The van der Waals surface area contributed by atoms with Gasteiger partial charge in [0.2, 0.25) is 5.91 Å². The molecule has 0 unspecified atom stereocenters. The average Bonchev–Trinajstić information content (AvgIpc) is 2.16. The highest BCUT2D eigenvalue weighted by atomic mass is 16.2. The van der Waals surface area contributed by atoms with Crippen LogP contribution in [0.25, 0.3) is 0 Å². The molecule has 2 nitrogen and oxygen atoms in total. The third-order valence-corrected chi connectivity index (χ3v) is 3.37. The van der Waals surface area contributed by atoms with Crippen molar-refractivity contribution < 1.29 is 4.79 Å². The van der Waals surface area contributed by atoms with Gasteiger partial charge in [-0.3, -0.25) is 4.79 Å². The van der Waals surface area contributed by atoms with Gasteiger partial charge in [0.25, 0.3) is 0 Å². The van der Waals surface area contributed by atoms with E-state index in [-0.39, 0.29) is 5.92 Å². The van der Waals surface area contributed by atoms with E-state index in [0.717, 1.165) is 5.92 Å². The molecule has 2 heteroatoms. The fourth-order valence-corrected chi connectivity index (χ4v) is 2.22. The number of nitrogens with zero attached hydrogens (tertiary/aromatic N) is 1. The smallest absolute Gasteiger partial charge is 0.225 e. The van der Waals surface area contributed by atoms with E-state index < -0.39 is 0 Å². The molecule has 0 aromatic carbocycles. The third-order valence-electron chi connectivity index (χ3n) is 3.37. The summed E-state index contributed by atoms with van der Waals surface area (Å²) in [5.41, 5.74) is 0. The van der Waals surface area contributed by atoms with E-state index in [1.165, 1.54) is 25.7 Å². The summed E-state index contributed by atoms with van der Waals surface area (Å²) in [6.45, 7) is 6.26. The maximum absolute atomic E-state index is 11.7. The first-order chi connectivity index (χ1) is 6.52. The Kier molecular flexibility index (Phi) is 3.97. The third kappa shape index (κ3) is 2.73. The number of hydrogen-bond acceptors (Lipinski definition) is 1. The molecule has 1 saturated carbocycles. The van der Waals surface area contributed by atoms with E-state index in [4.69, 9.17) is 0 Å². The largest absolute Gasteiger partial charge is 0.343 e. The molecule has 1 aliphatic carbocycles. The summed E-state index contributed by atoms with van der Waals surface area (Å²) in [5, 5.41) is 0. The van der Waals surface area contributed by atoms with Crippen LogP contribution in [0.4, 0.5) is 0 Å². The van der Waals surface area contributed by atoms with Crippen molar-refractivity contribution in [2.75, 3.05) is 7.05 Å². The number of carbonyl (C=O) groups is 1. The standard InChI is InChI=1S/C12H23NO/c1-9(2)12(14)13(4)11-7-5-10(3)6-8-11/h9-11H,5-8H2,1-4H3/t10-,11-. The first-order valence-corrected chi connectivity index (χ1v) is 5.79. The number of carbonyl (C=O) groups excluding carboxylic acids is 1. The minimum atomic E-state index is 0.138. The molecule has 0 heterocycles. The van der Waals surface area contributed by atoms with Gasteiger partial charge in [0.1, 0.15) is 0 Å².